The number of halogens is 1. The van der Waals surface area contributed by atoms with E-state index in [1.807, 2.05) is 42.5 Å². The minimum Gasteiger partial charge on any atom is -0.489 e. The van der Waals surface area contributed by atoms with Crippen molar-refractivity contribution in [2.75, 3.05) is 37.1 Å². The Morgan fingerprint density at radius 3 is 1.91 bits per heavy atom. The summed E-state index contributed by atoms with van der Waals surface area (Å²) in [5.74, 6) is 0.818. The Labute approximate surface area is 192 Å². The average molecular weight is 463 g/mol. The molecular weight excluding hydrogens is 436 g/mol. The molecule has 4 rings (SSSR count). The molecule has 0 fully saturated rings. The summed E-state index contributed by atoms with van der Waals surface area (Å²) in [5, 5.41) is 2.58. The largest absolute Gasteiger partial charge is 0.489 e. The molecule has 10 heteroatoms. The summed E-state index contributed by atoms with van der Waals surface area (Å²) >= 11 is 0. The second-order valence-corrected chi connectivity index (χ2v) is 7.21. The van der Waals surface area contributed by atoms with Gasteiger partial charge in [0.15, 0.2) is 0 Å². The van der Waals surface area contributed by atoms with E-state index >= 15 is 0 Å². The van der Waals surface area contributed by atoms with E-state index in [2.05, 4.69) is 5.32 Å². The molecule has 32 heavy (non-hydrogen) atoms. The molecule has 0 unspecified atom stereocenters. The number of para-hydroxylation sites is 4. The number of carbonyl (C=O) groups excluding carboxylic acids is 3. The summed E-state index contributed by atoms with van der Waals surface area (Å²) in [4.78, 5) is 37.8. The summed E-state index contributed by atoms with van der Waals surface area (Å²) in [6, 6.07) is 13.5. The fraction of sp³-hybridized carbons (Fsp3) is 0.318. The van der Waals surface area contributed by atoms with Crippen LogP contribution >= 0.6 is 12.4 Å². The fourth-order valence-corrected chi connectivity index (χ4v) is 3.28. The molecule has 0 spiro atoms. The number of benzene rings is 2. The van der Waals surface area contributed by atoms with Gasteiger partial charge in [0.2, 0.25) is 11.8 Å². The van der Waals surface area contributed by atoms with Crippen molar-refractivity contribution in [2.24, 2.45) is 5.73 Å². The molecule has 2 aliphatic heterocycles. The van der Waals surface area contributed by atoms with Crippen molar-refractivity contribution < 1.29 is 23.9 Å². The zero-order valence-corrected chi connectivity index (χ0v) is 18.9. The van der Waals surface area contributed by atoms with Crippen LogP contribution in [0.4, 0.5) is 11.4 Å². The van der Waals surface area contributed by atoms with Crippen LogP contribution in [0.5, 0.6) is 11.5 Å². The molecule has 2 aliphatic rings. The first-order chi connectivity index (χ1) is 14.8. The van der Waals surface area contributed by atoms with Crippen LogP contribution in [0.25, 0.3) is 0 Å². The predicted octanol–water partition coefficient (Wildman–Crippen LogP) is 1.34. The maximum absolute atomic E-state index is 12.1. The van der Waals surface area contributed by atoms with Crippen molar-refractivity contribution in [3.8, 4) is 11.5 Å². The number of nitrogens with one attached hydrogen (secondary N) is 1. The van der Waals surface area contributed by atoms with Gasteiger partial charge < -0.3 is 30.3 Å². The monoisotopic (exact) mass is 462 g/mol. The molecule has 3 amide bonds. The van der Waals surface area contributed by atoms with Crippen molar-refractivity contribution in [3.63, 3.8) is 0 Å². The molecular formula is C22H27ClN4O5. The zero-order valence-electron chi connectivity index (χ0n) is 18.1. The smallest absolute Gasteiger partial charge is 0.252 e. The standard InChI is InChI=1S/C12H14N2O3.C10H12N2O2.ClH/c1-8(15)13-9-7-17-11-6-4-3-5-10(11)14(2)12(9)16;1-12-8-4-2-3-5-9(8)14-6-7(11)10(12)13;/h3-6,9H,7H2,1-2H3,(H,13,15);2-5,7H,6,11H2,1H3;1H/t9-;7-;/m00./s1. The summed E-state index contributed by atoms with van der Waals surface area (Å²) in [7, 11) is 3.38. The van der Waals surface area contributed by atoms with Gasteiger partial charge in [-0.05, 0) is 24.3 Å². The summed E-state index contributed by atoms with van der Waals surface area (Å²) in [6.07, 6.45) is 0. The number of amides is 3. The van der Waals surface area contributed by atoms with E-state index in [1.54, 1.807) is 20.2 Å². The number of nitrogens with two attached hydrogens (primary N) is 1. The topological polar surface area (TPSA) is 114 Å². The third-order valence-electron chi connectivity index (χ3n) is 4.93. The number of anilines is 2. The molecule has 0 aliphatic carbocycles. The van der Waals surface area contributed by atoms with Crippen molar-refractivity contribution >= 4 is 41.5 Å². The SMILES string of the molecule is CC(=O)N[C@H]1COc2ccccc2N(C)C1=O.CN1C(=O)[C@@H](N)COc2ccccc21.Cl. The average Bonchev–Trinajstić information content (AvgIpc) is 2.96. The first kappa shape index (κ1) is 25.0. The first-order valence-electron chi connectivity index (χ1n) is 9.81. The van der Waals surface area contributed by atoms with Gasteiger partial charge in [-0.15, -0.1) is 12.4 Å². The van der Waals surface area contributed by atoms with E-state index in [-0.39, 0.29) is 43.3 Å². The number of rotatable bonds is 1. The Kier molecular flexibility index (Phi) is 8.45. The van der Waals surface area contributed by atoms with Crippen molar-refractivity contribution in [2.45, 2.75) is 19.0 Å². The Morgan fingerprint density at radius 1 is 0.906 bits per heavy atom. The molecule has 2 aromatic carbocycles. The van der Waals surface area contributed by atoms with E-state index in [1.165, 1.54) is 16.7 Å². The third kappa shape index (κ3) is 5.49. The molecule has 2 heterocycles. The second-order valence-electron chi connectivity index (χ2n) is 7.21. The Bertz CT molecular complexity index is 986. The van der Waals surface area contributed by atoms with Crippen molar-refractivity contribution in [1.29, 1.82) is 0 Å². The zero-order chi connectivity index (χ0) is 22.5. The highest BCUT2D eigenvalue weighted by molar-refractivity contribution is 6.00. The minimum absolute atomic E-state index is 0. The first-order valence-corrected chi connectivity index (χ1v) is 9.81. The van der Waals surface area contributed by atoms with Gasteiger partial charge in [-0.1, -0.05) is 24.3 Å². The van der Waals surface area contributed by atoms with Gasteiger partial charge >= 0.3 is 0 Å². The van der Waals surface area contributed by atoms with E-state index in [9.17, 15) is 14.4 Å². The number of ether oxygens (including phenoxy) is 2. The number of hydrogen-bond donors (Lipinski definition) is 2. The highest BCUT2D eigenvalue weighted by atomic mass is 35.5. The lowest BCUT2D eigenvalue weighted by Gasteiger charge is -2.19. The number of hydrogen-bond acceptors (Lipinski definition) is 6. The quantitative estimate of drug-likeness (QED) is 0.661. The molecule has 0 saturated heterocycles. The van der Waals surface area contributed by atoms with Gasteiger partial charge in [0.1, 0.15) is 36.8 Å². The fourth-order valence-electron chi connectivity index (χ4n) is 3.28. The van der Waals surface area contributed by atoms with Gasteiger partial charge in [-0.3, -0.25) is 14.4 Å². The van der Waals surface area contributed by atoms with Gasteiger partial charge in [0.05, 0.1) is 11.4 Å². The maximum atomic E-state index is 12.1. The molecule has 2 aromatic rings. The molecule has 2 atom stereocenters. The normalized spacial score (nSPS) is 19.4. The van der Waals surface area contributed by atoms with E-state index in [0.717, 1.165) is 5.69 Å². The van der Waals surface area contributed by atoms with E-state index in [0.29, 0.717) is 17.2 Å². The van der Waals surface area contributed by atoms with Gasteiger partial charge in [-0.2, -0.15) is 0 Å². The summed E-state index contributed by atoms with van der Waals surface area (Å²) < 4.78 is 10.9. The molecule has 0 aromatic heterocycles. The lowest BCUT2D eigenvalue weighted by atomic mass is 10.2. The molecule has 0 saturated carbocycles. The lowest BCUT2D eigenvalue weighted by Crippen LogP contribution is -2.48. The molecule has 172 valence electrons. The Balaban J connectivity index is 0.000000224. The van der Waals surface area contributed by atoms with Crippen LogP contribution in [-0.4, -0.2) is 57.1 Å². The van der Waals surface area contributed by atoms with Gasteiger partial charge in [-0.25, -0.2) is 0 Å². The third-order valence-corrected chi connectivity index (χ3v) is 4.93. The summed E-state index contributed by atoms with van der Waals surface area (Å²) in [6.45, 7) is 1.77. The highest BCUT2D eigenvalue weighted by Gasteiger charge is 2.29. The maximum Gasteiger partial charge on any atom is 0.252 e. The molecule has 0 radical (unpaired) electrons. The Hall–Kier alpha value is -3.30. The van der Waals surface area contributed by atoms with Crippen LogP contribution < -0.4 is 30.3 Å². The summed E-state index contributed by atoms with van der Waals surface area (Å²) in [5.41, 5.74) is 7.11. The van der Waals surface area contributed by atoms with E-state index in [4.69, 9.17) is 15.2 Å². The van der Waals surface area contributed by atoms with Crippen molar-refractivity contribution in [3.05, 3.63) is 48.5 Å². The van der Waals surface area contributed by atoms with Crippen LogP contribution in [0.2, 0.25) is 0 Å². The lowest BCUT2D eigenvalue weighted by molar-refractivity contribution is -0.126. The Morgan fingerprint density at radius 2 is 1.38 bits per heavy atom. The number of nitrogens with zero attached hydrogens (tertiary/aromatic N) is 2. The number of fused-ring (bicyclic) bond motifs is 2. The van der Waals surface area contributed by atoms with Gasteiger partial charge in [0.25, 0.3) is 5.91 Å². The van der Waals surface area contributed by atoms with Crippen molar-refractivity contribution in [1.82, 2.24) is 5.32 Å². The van der Waals surface area contributed by atoms with Crippen LogP contribution in [0, 0.1) is 0 Å². The number of likely N-dealkylation sites (N-methyl/N-ethyl adjacent to an activating group) is 2. The number of carbonyl (C=O) groups is 3. The van der Waals surface area contributed by atoms with Crippen LogP contribution in [-0.2, 0) is 14.4 Å². The van der Waals surface area contributed by atoms with Gasteiger partial charge in [0, 0.05) is 21.0 Å². The highest BCUT2D eigenvalue weighted by Crippen LogP contribution is 2.30. The minimum atomic E-state index is -0.634. The van der Waals surface area contributed by atoms with Crippen LogP contribution in [0.1, 0.15) is 6.92 Å². The second kappa shape index (κ2) is 10.8. The molecule has 3 N–H and O–H groups in total. The predicted molar refractivity (Wildman–Crippen MR) is 124 cm³/mol. The van der Waals surface area contributed by atoms with Crippen LogP contribution in [0.15, 0.2) is 48.5 Å². The molecule has 0 bridgehead atoms. The van der Waals surface area contributed by atoms with Crippen LogP contribution in [0.3, 0.4) is 0 Å². The van der Waals surface area contributed by atoms with E-state index < -0.39 is 12.1 Å². The molecule has 9 nitrogen and oxygen atoms in total.